The molecule has 0 aliphatic heterocycles. The van der Waals surface area contributed by atoms with Crippen LogP contribution in [0.1, 0.15) is 5.56 Å². The zero-order valence-corrected chi connectivity index (χ0v) is 13.2. The monoisotopic (exact) mass is 325 g/mol. The summed E-state index contributed by atoms with van der Waals surface area (Å²) in [6, 6.07) is 14.6. The van der Waals surface area contributed by atoms with E-state index in [1.54, 1.807) is 31.5 Å². The van der Waals surface area contributed by atoms with E-state index in [1.807, 2.05) is 35.7 Å². The minimum Gasteiger partial charge on any atom is -0.508 e. The third kappa shape index (κ3) is 3.67. The van der Waals surface area contributed by atoms with Gasteiger partial charge in [0.2, 0.25) is 5.13 Å². The maximum absolute atomic E-state index is 9.52. The van der Waals surface area contributed by atoms with E-state index in [2.05, 4.69) is 15.5 Å². The van der Waals surface area contributed by atoms with Crippen molar-refractivity contribution in [1.29, 1.82) is 0 Å². The number of phenols is 1. The van der Waals surface area contributed by atoms with Crippen molar-refractivity contribution >= 4 is 22.7 Å². The van der Waals surface area contributed by atoms with Crippen molar-refractivity contribution in [2.45, 2.75) is 0 Å². The van der Waals surface area contributed by atoms with Gasteiger partial charge in [0.1, 0.15) is 11.5 Å². The summed E-state index contributed by atoms with van der Waals surface area (Å²) in [5.41, 5.74) is 5.45. The number of benzene rings is 2. The first-order valence-electron chi connectivity index (χ1n) is 6.93. The first kappa shape index (κ1) is 15.1. The van der Waals surface area contributed by atoms with Gasteiger partial charge in [0.15, 0.2) is 0 Å². The summed E-state index contributed by atoms with van der Waals surface area (Å²) in [6.07, 6.45) is 1.69. The third-order valence-corrected chi connectivity index (χ3v) is 3.90. The van der Waals surface area contributed by atoms with Crippen LogP contribution < -0.4 is 10.2 Å². The second-order valence-corrected chi connectivity index (χ2v) is 5.56. The number of thiazole rings is 1. The Kier molecular flexibility index (Phi) is 4.54. The van der Waals surface area contributed by atoms with Crippen molar-refractivity contribution in [2.75, 3.05) is 12.5 Å². The van der Waals surface area contributed by atoms with Crippen molar-refractivity contribution < 1.29 is 9.84 Å². The Bertz CT molecular complexity index is 830. The smallest absolute Gasteiger partial charge is 0.203 e. The Morgan fingerprint density at radius 3 is 2.91 bits per heavy atom. The molecule has 0 fully saturated rings. The fourth-order valence-corrected chi connectivity index (χ4v) is 2.72. The summed E-state index contributed by atoms with van der Waals surface area (Å²) in [6.45, 7) is 0. The number of rotatable bonds is 5. The molecule has 0 aliphatic carbocycles. The molecular weight excluding hydrogens is 310 g/mol. The number of hydrogen-bond donors (Lipinski definition) is 2. The van der Waals surface area contributed by atoms with E-state index in [4.69, 9.17) is 4.74 Å². The predicted molar refractivity (Wildman–Crippen MR) is 93.4 cm³/mol. The van der Waals surface area contributed by atoms with Crippen LogP contribution in [0.2, 0.25) is 0 Å². The van der Waals surface area contributed by atoms with Gasteiger partial charge >= 0.3 is 0 Å². The molecule has 3 rings (SSSR count). The first-order valence-corrected chi connectivity index (χ1v) is 7.81. The second-order valence-electron chi connectivity index (χ2n) is 4.70. The molecule has 0 unspecified atom stereocenters. The summed E-state index contributed by atoms with van der Waals surface area (Å²) in [5, 5.41) is 16.3. The zero-order chi connectivity index (χ0) is 16.1. The minimum atomic E-state index is 0.221. The average molecular weight is 325 g/mol. The van der Waals surface area contributed by atoms with Gasteiger partial charge in [0, 0.05) is 16.5 Å². The molecule has 3 aromatic rings. The number of hydrazone groups is 1. The van der Waals surface area contributed by atoms with Gasteiger partial charge in [0.05, 0.1) is 19.0 Å². The van der Waals surface area contributed by atoms with E-state index in [1.165, 1.54) is 11.3 Å². The Balaban J connectivity index is 1.71. The topological polar surface area (TPSA) is 66.7 Å². The number of para-hydroxylation sites is 1. The van der Waals surface area contributed by atoms with Crippen LogP contribution in [-0.2, 0) is 0 Å². The molecule has 23 heavy (non-hydrogen) atoms. The number of methoxy groups -OCH3 is 1. The van der Waals surface area contributed by atoms with Gasteiger partial charge in [-0.3, -0.25) is 5.43 Å². The van der Waals surface area contributed by atoms with Crippen LogP contribution in [0.5, 0.6) is 11.5 Å². The molecular formula is C17H15N3O2S. The highest BCUT2D eigenvalue weighted by molar-refractivity contribution is 7.14. The largest absolute Gasteiger partial charge is 0.508 e. The SMILES string of the molecule is COc1ccccc1C=NNc1nc(-c2cccc(O)c2)cs1. The lowest BCUT2D eigenvalue weighted by molar-refractivity contribution is 0.414. The standard InChI is InChI=1S/C17H15N3O2S/c1-22-16-8-3-2-5-13(16)10-18-20-17-19-15(11-23-17)12-6-4-7-14(21)9-12/h2-11,21H,1H3,(H,19,20). The summed E-state index contributed by atoms with van der Waals surface area (Å²) >= 11 is 1.45. The van der Waals surface area contributed by atoms with Crippen molar-refractivity contribution in [1.82, 2.24) is 4.98 Å². The molecule has 0 radical (unpaired) electrons. The number of hydrogen-bond acceptors (Lipinski definition) is 6. The maximum atomic E-state index is 9.52. The van der Waals surface area contributed by atoms with Crippen molar-refractivity contribution in [3.8, 4) is 22.8 Å². The molecule has 5 nitrogen and oxygen atoms in total. The van der Waals surface area contributed by atoms with Crippen LogP contribution in [0, 0.1) is 0 Å². The Morgan fingerprint density at radius 1 is 1.22 bits per heavy atom. The Morgan fingerprint density at radius 2 is 2.09 bits per heavy atom. The van der Waals surface area contributed by atoms with Crippen molar-refractivity contribution in [3.05, 3.63) is 59.5 Å². The molecule has 2 aromatic carbocycles. The van der Waals surface area contributed by atoms with Gasteiger partial charge < -0.3 is 9.84 Å². The van der Waals surface area contributed by atoms with E-state index in [-0.39, 0.29) is 5.75 Å². The number of aromatic hydroxyl groups is 1. The Hall–Kier alpha value is -2.86. The Labute approximate surface area is 137 Å². The quantitative estimate of drug-likeness (QED) is 0.550. The fourth-order valence-electron chi connectivity index (χ4n) is 2.05. The minimum absolute atomic E-state index is 0.221. The van der Waals surface area contributed by atoms with E-state index in [9.17, 15) is 5.11 Å². The number of aromatic nitrogens is 1. The van der Waals surface area contributed by atoms with Crippen molar-refractivity contribution in [3.63, 3.8) is 0 Å². The van der Waals surface area contributed by atoms with Crippen LogP contribution in [-0.4, -0.2) is 23.4 Å². The maximum Gasteiger partial charge on any atom is 0.203 e. The molecule has 0 saturated heterocycles. The van der Waals surface area contributed by atoms with E-state index in [0.29, 0.717) is 5.13 Å². The lowest BCUT2D eigenvalue weighted by Crippen LogP contribution is -1.93. The fraction of sp³-hybridized carbons (Fsp3) is 0.0588. The summed E-state index contributed by atoms with van der Waals surface area (Å²) in [7, 11) is 1.63. The molecule has 0 saturated carbocycles. The molecule has 0 amide bonds. The number of phenolic OH excluding ortho intramolecular Hbond substituents is 1. The molecule has 2 N–H and O–H groups in total. The third-order valence-electron chi connectivity index (χ3n) is 3.15. The molecule has 1 heterocycles. The van der Waals surface area contributed by atoms with Gasteiger partial charge in [-0.15, -0.1) is 11.3 Å². The van der Waals surface area contributed by atoms with Crippen LogP contribution in [0.4, 0.5) is 5.13 Å². The lowest BCUT2D eigenvalue weighted by Gasteiger charge is -2.02. The normalized spacial score (nSPS) is 10.8. The van der Waals surface area contributed by atoms with E-state index >= 15 is 0 Å². The van der Waals surface area contributed by atoms with Crippen LogP contribution in [0.3, 0.4) is 0 Å². The van der Waals surface area contributed by atoms with Gasteiger partial charge in [0.25, 0.3) is 0 Å². The summed E-state index contributed by atoms with van der Waals surface area (Å²) in [4.78, 5) is 4.45. The number of nitrogens with zero attached hydrogens (tertiary/aromatic N) is 2. The van der Waals surface area contributed by atoms with Crippen LogP contribution in [0.25, 0.3) is 11.3 Å². The highest BCUT2D eigenvalue weighted by Gasteiger charge is 2.04. The molecule has 0 atom stereocenters. The molecule has 0 spiro atoms. The second kappa shape index (κ2) is 6.93. The average Bonchev–Trinajstić information content (AvgIpc) is 3.04. The molecule has 6 heteroatoms. The highest BCUT2D eigenvalue weighted by atomic mass is 32.1. The molecule has 1 aromatic heterocycles. The zero-order valence-electron chi connectivity index (χ0n) is 12.4. The number of ether oxygens (including phenoxy) is 1. The van der Waals surface area contributed by atoms with E-state index < -0.39 is 0 Å². The number of nitrogens with one attached hydrogen (secondary N) is 1. The van der Waals surface area contributed by atoms with E-state index in [0.717, 1.165) is 22.6 Å². The lowest BCUT2D eigenvalue weighted by atomic mass is 10.2. The summed E-state index contributed by atoms with van der Waals surface area (Å²) in [5.74, 6) is 0.983. The van der Waals surface area contributed by atoms with Crippen LogP contribution in [0.15, 0.2) is 59.0 Å². The van der Waals surface area contributed by atoms with Gasteiger partial charge in [-0.05, 0) is 24.3 Å². The molecule has 0 bridgehead atoms. The first-order chi connectivity index (χ1) is 11.3. The highest BCUT2D eigenvalue weighted by Crippen LogP contribution is 2.27. The molecule has 0 aliphatic rings. The number of anilines is 1. The van der Waals surface area contributed by atoms with Crippen LogP contribution >= 0.6 is 11.3 Å². The summed E-state index contributed by atoms with van der Waals surface area (Å²) < 4.78 is 5.27. The molecule has 116 valence electrons. The van der Waals surface area contributed by atoms with Gasteiger partial charge in [-0.2, -0.15) is 5.10 Å². The van der Waals surface area contributed by atoms with Gasteiger partial charge in [-0.25, -0.2) is 4.98 Å². The van der Waals surface area contributed by atoms with Crippen molar-refractivity contribution in [2.24, 2.45) is 5.10 Å². The van der Waals surface area contributed by atoms with Gasteiger partial charge in [-0.1, -0.05) is 24.3 Å². The predicted octanol–water partition coefficient (Wildman–Crippen LogP) is 3.97.